The topological polar surface area (TPSA) is 58.6 Å². The van der Waals surface area contributed by atoms with Gasteiger partial charge in [0.1, 0.15) is 12.4 Å². The van der Waals surface area contributed by atoms with Gasteiger partial charge in [0.2, 0.25) is 11.8 Å². The van der Waals surface area contributed by atoms with E-state index in [2.05, 4.69) is 10.1 Å². The summed E-state index contributed by atoms with van der Waals surface area (Å²) in [5.74, 6) is -2.24. The van der Waals surface area contributed by atoms with Crippen molar-refractivity contribution in [1.82, 2.24) is 10.2 Å². The minimum Gasteiger partial charge on any atom is -0.370 e. The van der Waals surface area contributed by atoms with E-state index in [0.29, 0.717) is 5.56 Å². The average molecular weight is 425 g/mol. The van der Waals surface area contributed by atoms with Crippen molar-refractivity contribution >= 4 is 23.4 Å². The van der Waals surface area contributed by atoms with Crippen LogP contribution in [-0.4, -0.2) is 48.7 Å². The smallest absolute Gasteiger partial charge is 0.370 e. The van der Waals surface area contributed by atoms with Gasteiger partial charge in [0, 0.05) is 19.0 Å². The highest BCUT2D eigenvalue weighted by Crippen LogP contribution is 2.40. The first-order valence-electron chi connectivity index (χ1n) is 8.69. The van der Waals surface area contributed by atoms with E-state index in [0.717, 1.165) is 0 Å². The van der Waals surface area contributed by atoms with Gasteiger partial charge in [-0.15, -0.1) is 0 Å². The second-order valence-corrected chi connectivity index (χ2v) is 7.19. The standard InChI is InChI=1S/C18H21ClF4N2O3/c1-10(2)25-15(26)8-12(16(25)11-3-4-13(19)14(20)7-11)17(27)24-5-6-28-9-18(21,22)23/h3-4,7,10,12,16H,5-6,8-9H2,1-2H3,(H,24,27). The molecule has 10 heteroatoms. The van der Waals surface area contributed by atoms with Crippen LogP contribution in [0.4, 0.5) is 17.6 Å². The van der Waals surface area contributed by atoms with E-state index in [4.69, 9.17) is 11.6 Å². The molecular weight excluding hydrogens is 404 g/mol. The first kappa shape index (κ1) is 22.4. The maximum Gasteiger partial charge on any atom is 0.411 e. The van der Waals surface area contributed by atoms with E-state index < -0.39 is 36.5 Å². The van der Waals surface area contributed by atoms with Crippen LogP contribution in [0.3, 0.4) is 0 Å². The van der Waals surface area contributed by atoms with Crippen LogP contribution in [-0.2, 0) is 14.3 Å². The molecule has 1 saturated heterocycles. The molecule has 28 heavy (non-hydrogen) atoms. The number of hydrogen-bond donors (Lipinski definition) is 1. The molecule has 2 amide bonds. The molecule has 1 heterocycles. The van der Waals surface area contributed by atoms with Gasteiger partial charge in [-0.1, -0.05) is 17.7 Å². The summed E-state index contributed by atoms with van der Waals surface area (Å²) in [6.07, 6.45) is -4.52. The lowest BCUT2D eigenvalue weighted by atomic mass is 9.92. The number of carbonyl (C=O) groups excluding carboxylic acids is 2. The predicted molar refractivity (Wildman–Crippen MR) is 94.1 cm³/mol. The molecule has 0 aromatic heterocycles. The van der Waals surface area contributed by atoms with Crippen molar-refractivity contribution in [2.24, 2.45) is 5.92 Å². The van der Waals surface area contributed by atoms with Crippen molar-refractivity contribution in [2.75, 3.05) is 19.8 Å². The number of rotatable bonds is 7. The molecule has 0 saturated carbocycles. The molecule has 0 bridgehead atoms. The first-order chi connectivity index (χ1) is 13.0. The summed E-state index contributed by atoms with van der Waals surface area (Å²) >= 11 is 5.72. The fraction of sp³-hybridized carbons (Fsp3) is 0.556. The zero-order valence-corrected chi connectivity index (χ0v) is 16.1. The van der Waals surface area contributed by atoms with E-state index in [1.807, 2.05) is 0 Å². The van der Waals surface area contributed by atoms with E-state index in [1.165, 1.54) is 17.0 Å². The largest absolute Gasteiger partial charge is 0.411 e. The average Bonchev–Trinajstić information content (AvgIpc) is 2.93. The highest BCUT2D eigenvalue weighted by atomic mass is 35.5. The van der Waals surface area contributed by atoms with Crippen LogP contribution in [0.2, 0.25) is 5.02 Å². The van der Waals surface area contributed by atoms with Crippen LogP contribution < -0.4 is 5.32 Å². The van der Waals surface area contributed by atoms with Gasteiger partial charge in [-0.05, 0) is 31.5 Å². The molecular formula is C18H21ClF4N2O3. The minimum atomic E-state index is -4.44. The molecule has 0 spiro atoms. The van der Waals surface area contributed by atoms with Crippen LogP contribution in [0, 0.1) is 11.7 Å². The van der Waals surface area contributed by atoms with Gasteiger partial charge < -0.3 is 15.0 Å². The first-order valence-corrected chi connectivity index (χ1v) is 9.07. The van der Waals surface area contributed by atoms with Gasteiger partial charge in [0.05, 0.1) is 23.6 Å². The van der Waals surface area contributed by atoms with Crippen molar-refractivity contribution in [2.45, 2.75) is 38.5 Å². The molecule has 2 unspecified atom stereocenters. The number of ether oxygens (including phenoxy) is 1. The van der Waals surface area contributed by atoms with E-state index in [-0.39, 0.29) is 36.5 Å². The Kier molecular flexibility index (Phi) is 7.28. The zero-order chi connectivity index (χ0) is 21.1. The van der Waals surface area contributed by atoms with Gasteiger partial charge in [0.15, 0.2) is 0 Å². The molecule has 1 aromatic carbocycles. The van der Waals surface area contributed by atoms with Crippen molar-refractivity contribution in [1.29, 1.82) is 0 Å². The maximum absolute atomic E-state index is 13.9. The second-order valence-electron chi connectivity index (χ2n) is 6.78. The van der Waals surface area contributed by atoms with Gasteiger partial charge in [0.25, 0.3) is 0 Å². The monoisotopic (exact) mass is 424 g/mol. The summed E-state index contributed by atoms with van der Waals surface area (Å²) in [4.78, 5) is 26.5. The molecule has 156 valence electrons. The normalized spacial score (nSPS) is 20.1. The fourth-order valence-corrected chi connectivity index (χ4v) is 3.37. The summed E-state index contributed by atoms with van der Waals surface area (Å²) < 4.78 is 54.5. The fourth-order valence-electron chi connectivity index (χ4n) is 3.25. The van der Waals surface area contributed by atoms with Gasteiger partial charge in [-0.3, -0.25) is 9.59 Å². The molecule has 2 atom stereocenters. The summed E-state index contributed by atoms with van der Waals surface area (Å²) in [6, 6.07) is 3.16. The Labute approximate surface area is 165 Å². The number of amides is 2. The highest BCUT2D eigenvalue weighted by Gasteiger charge is 2.45. The van der Waals surface area contributed by atoms with E-state index in [9.17, 15) is 27.2 Å². The third-order valence-electron chi connectivity index (χ3n) is 4.35. The molecule has 0 aliphatic carbocycles. The molecule has 2 rings (SSSR count). The Balaban J connectivity index is 2.11. The number of halogens is 5. The zero-order valence-electron chi connectivity index (χ0n) is 15.4. The second kappa shape index (κ2) is 9.09. The van der Waals surface area contributed by atoms with Gasteiger partial charge >= 0.3 is 6.18 Å². The number of nitrogens with zero attached hydrogens (tertiary/aromatic N) is 1. The van der Waals surface area contributed by atoms with Crippen molar-refractivity contribution in [3.63, 3.8) is 0 Å². The van der Waals surface area contributed by atoms with Crippen molar-refractivity contribution < 1.29 is 31.9 Å². The molecule has 1 aliphatic rings. The van der Waals surface area contributed by atoms with Crippen molar-refractivity contribution in [3.8, 4) is 0 Å². The Morgan fingerprint density at radius 1 is 1.39 bits per heavy atom. The molecule has 1 N–H and O–H groups in total. The quantitative estimate of drug-likeness (QED) is 0.538. The van der Waals surface area contributed by atoms with Gasteiger partial charge in [-0.2, -0.15) is 13.2 Å². The van der Waals surface area contributed by atoms with E-state index in [1.54, 1.807) is 19.9 Å². The molecule has 1 fully saturated rings. The third-order valence-corrected chi connectivity index (χ3v) is 4.66. The van der Waals surface area contributed by atoms with Crippen LogP contribution >= 0.6 is 11.6 Å². The molecule has 1 aromatic rings. The Hall–Kier alpha value is -1.87. The van der Waals surface area contributed by atoms with Crippen LogP contribution in [0.25, 0.3) is 0 Å². The minimum absolute atomic E-state index is 0.0769. The highest BCUT2D eigenvalue weighted by molar-refractivity contribution is 6.30. The molecule has 1 aliphatic heterocycles. The number of hydrogen-bond acceptors (Lipinski definition) is 3. The number of carbonyl (C=O) groups is 2. The Bertz CT molecular complexity index is 727. The third kappa shape index (κ3) is 5.57. The summed E-state index contributed by atoms with van der Waals surface area (Å²) in [6.45, 7) is 1.70. The number of alkyl halides is 3. The molecule has 5 nitrogen and oxygen atoms in total. The van der Waals surface area contributed by atoms with Gasteiger partial charge in [-0.25, -0.2) is 4.39 Å². The Morgan fingerprint density at radius 2 is 2.07 bits per heavy atom. The van der Waals surface area contributed by atoms with E-state index >= 15 is 0 Å². The number of likely N-dealkylation sites (tertiary alicyclic amines) is 1. The number of nitrogens with one attached hydrogen (secondary N) is 1. The molecule has 0 radical (unpaired) electrons. The maximum atomic E-state index is 13.9. The SMILES string of the molecule is CC(C)N1C(=O)CC(C(=O)NCCOCC(F)(F)F)C1c1ccc(Cl)c(F)c1. The van der Waals surface area contributed by atoms with Crippen LogP contribution in [0.15, 0.2) is 18.2 Å². The van der Waals surface area contributed by atoms with Crippen LogP contribution in [0.5, 0.6) is 0 Å². The van der Waals surface area contributed by atoms with Crippen molar-refractivity contribution in [3.05, 3.63) is 34.6 Å². The van der Waals surface area contributed by atoms with Crippen LogP contribution in [0.1, 0.15) is 31.9 Å². The lowest BCUT2D eigenvalue weighted by molar-refractivity contribution is -0.173. The summed E-state index contributed by atoms with van der Waals surface area (Å²) in [5.41, 5.74) is 0.426. The number of benzene rings is 1. The predicted octanol–water partition coefficient (Wildman–Crippen LogP) is 3.47. The lowest BCUT2D eigenvalue weighted by Crippen LogP contribution is -2.39. The summed E-state index contributed by atoms with van der Waals surface area (Å²) in [5, 5.41) is 2.41. The lowest BCUT2D eigenvalue weighted by Gasteiger charge is -2.31. The summed E-state index contributed by atoms with van der Waals surface area (Å²) in [7, 11) is 0. The Morgan fingerprint density at radius 3 is 2.64 bits per heavy atom.